The minimum absolute atomic E-state index is 0.00675. The molecule has 32 heavy (non-hydrogen) atoms. The summed E-state index contributed by atoms with van der Waals surface area (Å²) < 4.78 is 6.16. The maximum Gasteiger partial charge on any atom is 0.242 e. The zero-order chi connectivity index (χ0) is 23.3. The van der Waals surface area contributed by atoms with Crippen molar-refractivity contribution in [1.29, 1.82) is 0 Å². The number of ether oxygens (including phenoxy) is 1. The van der Waals surface area contributed by atoms with Crippen LogP contribution in [0.15, 0.2) is 35.7 Å². The molecule has 0 bridgehead atoms. The number of rotatable bonds is 9. The van der Waals surface area contributed by atoms with Crippen molar-refractivity contribution in [1.82, 2.24) is 9.80 Å². The topological polar surface area (TPSA) is 49.9 Å². The number of benzene rings is 1. The van der Waals surface area contributed by atoms with Crippen molar-refractivity contribution in [3.8, 4) is 5.75 Å². The summed E-state index contributed by atoms with van der Waals surface area (Å²) >= 11 is 1.74. The third-order valence-electron chi connectivity index (χ3n) is 6.42. The molecule has 0 radical (unpaired) electrons. The third kappa shape index (κ3) is 5.52. The number of hydrogen-bond donors (Lipinski definition) is 0. The van der Waals surface area contributed by atoms with Crippen molar-refractivity contribution in [3.05, 3.63) is 51.7 Å². The fourth-order valence-electron chi connectivity index (χ4n) is 4.15. The molecule has 3 rings (SSSR count). The smallest absolute Gasteiger partial charge is 0.242 e. The van der Waals surface area contributed by atoms with Crippen molar-refractivity contribution in [2.75, 3.05) is 19.7 Å². The molecule has 2 heterocycles. The molecule has 0 unspecified atom stereocenters. The van der Waals surface area contributed by atoms with Crippen LogP contribution in [0.5, 0.6) is 5.75 Å². The van der Waals surface area contributed by atoms with Crippen molar-refractivity contribution in [2.24, 2.45) is 0 Å². The molecular weight excluding hydrogens is 420 g/mol. The van der Waals surface area contributed by atoms with Crippen LogP contribution in [0.4, 0.5) is 0 Å². The van der Waals surface area contributed by atoms with Gasteiger partial charge in [0, 0.05) is 23.9 Å². The van der Waals surface area contributed by atoms with Crippen LogP contribution in [-0.4, -0.2) is 47.4 Å². The van der Waals surface area contributed by atoms with Gasteiger partial charge in [-0.15, -0.1) is 11.3 Å². The normalized spacial score (nSPS) is 16.6. The lowest BCUT2D eigenvalue weighted by Crippen LogP contribution is -2.49. The van der Waals surface area contributed by atoms with Gasteiger partial charge in [-0.25, -0.2) is 0 Å². The second-order valence-electron chi connectivity index (χ2n) is 8.82. The second kappa shape index (κ2) is 11.0. The monoisotopic (exact) mass is 456 g/mol. The molecule has 0 N–H and O–H groups in total. The maximum atomic E-state index is 13.4. The summed E-state index contributed by atoms with van der Waals surface area (Å²) in [6, 6.07) is 10.2. The van der Waals surface area contributed by atoms with Crippen LogP contribution >= 0.6 is 11.3 Å². The van der Waals surface area contributed by atoms with Crippen LogP contribution in [0.3, 0.4) is 0 Å². The summed E-state index contributed by atoms with van der Waals surface area (Å²) in [6.45, 7) is 11.4. The highest BCUT2D eigenvalue weighted by Gasteiger charge is 2.34. The number of hydrogen-bond acceptors (Lipinski definition) is 4. The Kier molecular flexibility index (Phi) is 8.35. The van der Waals surface area contributed by atoms with Gasteiger partial charge >= 0.3 is 0 Å². The minimum Gasteiger partial charge on any atom is -0.491 e. The van der Waals surface area contributed by atoms with Gasteiger partial charge < -0.3 is 14.5 Å². The number of fused-ring (bicyclic) bond motifs is 1. The van der Waals surface area contributed by atoms with Gasteiger partial charge in [0.25, 0.3) is 0 Å². The van der Waals surface area contributed by atoms with E-state index in [1.54, 1.807) is 16.2 Å². The van der Waals surface area contributed by atoms with E-state index in [9.17, 15) is 9.59 Å². The number of amides is 2. The van der Waals surface area contributed by atoms with Crippen LogP contribution in [0.2, 0.25) is 0 Å². The molecule has 0 spiro atoms. The first-order chi connectivity index (χ1) is 15.3. The molecule has 2 atom stereocenters. The molecule has 1 aliphatic heterocycles. The standard InChI is InChI=1S/C26H36N2O3S/c1-6-19(5)28(25(29)7-2)16-26(30)27-14-12-24-22(13-15-32-24)23(27)17-31-21-10-8-20(9-11-21)18(3)4/h8-11,13,15,18-19,23H,6-7,12,14,16-17H2,1-5H3/t19-,23-/m1/s1. The van der Waals surface area contributed by atoms with Crippen LogP contribution in [0.1, 0.15) is 75.4 Å². The number of carbonyl (C=O) groups is 2. The van der Waals surface area contributed by atoms with Gasteiger partial charge in [-0.3, -0.25) is 9.59 Å². The van der Waals surface area contributed by atoms with Gasteiger partial charge in [-0.05, 0) is 60.4 Å². The van der Waals surface area contributed by atoms with Crippen molar-refractivity contribution < 1.29 is 14.3 Å². The predicted octanol–water partition coefficient (Wildman–Crippen LogP) is 5.41. The van der Waals surface area contributed by atoms with E-state index in [0.29, 0.717) is 25.5 Å². The molecule has 0 aliphatic carbocycles. The molecule has 0 fully saturated rings. The van der Waals surface area contributed by atoms with Gasteiger partial charge in [-0.2, -0.15) is 0 Å². The van der Waals surface area contributed by atoms with Gasteiger partial charge in [0.15, 0.2) is 0 Å². The quantitative estimate of drug-likeness (QED) is 0.507. The van der Waals surface area contributed by atoms with E-state index in [1.165, 1.54) is 16.0 Å². The first-order valence-electron chi connectivity index (χ1n) is 11.7. The van der Waals surface area contributed by atoms with Gasteiger partial charge in [-0.1, -0.05) is 39.8 Å². The largest absolute Gasteiger partial charge is 0.491 e. The number of nitrogens with zero attached hydrogens (tertiary/aromatic N) is 2. The number of thiophene rings is 1. The van der Waals surface area contributed by atoms with Crippen LogP contribution in [-0.2, 0) is 16.0 Å². The Morgan fingerprint density at radius 3 is 2.50 bits per heavy atom. The molecule has 1 aliphatic rings. The molecule has 1 aromatic heterocycles. The predicted molar refractivity (Wildman–Crippen MR) is 130 cm³/mol. The average molecular weight is 457 g/mol. The fourth-order valence-corrected chi connectivity index (χ4v) is 5.08. The Morgan fingerprint density at radius 2 is 1.88 bits per heavy atom. The zero-order valence-electron chi connectivity index (χ0n) is 20.0. The molecule has 0 saturated carbocycles. The van der Waals surface area contributed by atoms with Crippen molar-refractivity contribution in [3.63, 3.8) is 0 Å². The Labute approximate surface area is 196 Å². The molecular formula is C26H36N2O3S. The third-order valence-corrected chi connectivity index (χ3v) is 7.42. The van der Waals surface area contributed by atoms with Gasteiger partial charge in [0.1, 0.15) is 18.9 Å². The van der Waals surface area contributed by atoms with E-state index in [0.717, 1.165) is 18.6 Å². The lowest BCUT2D eigenvalue weighted by atomic mass is 10.00. The van der Waals surface area contributed by atoms with Crippen LogP contribution in [0, 0.1) is 0 Å². The Balaban J connectivity index is 1.76. The average Bonchev–Trinajstić information content (AvgIpc) is 3.29. The van der Waals surface area contributed by atoms with Crippen molar-refractivity contribution in [2.45, 2.75) is 71.9 Å². The van der Waals surface area contributed by atoms with E-state index in [1.807, 2.05) is 37.8 Å². The molecule has 1 aromatic carbocycles. The van der Waals surface area contributed by atoms with Gasteiger partial charge in [0.05, 0.1) is 6.04 Å². The SMILES string of the molecule is CCC(=O)N(CC(=O)N1CCc2sccc2[C@H]1COc1ccc(C(C)C)cc1)[C@H](C)CC. The first-order valence-corrected chi connectivity index (χ1v) is 12.6. The highest BCUT2D eigenvalue weighted by atomic mass is 32.1. The second-order valence-corrected chi connectivity index (χ2v) is 9.82. The van der Waals surface area contributed by atoms with Crippen LogP contribution < -0.4 is 4.74 Å². The molecule has 2 aromatic rings. The lowest BCUT2D eigenvalue weighted by Gasteiger charge is -2.38. The van der Waals surface area contributed by atoms with E-state index < -0.39 is 0 Å². The molecule has 5 nitrogen and oxygen atoms in total. The number of carbonyl (C=O) groups excluding carboxylic acids is 2. The minimum atomic E-state index is -0.141. The fraction of sp³-hybridized carbons (Fsp3) is 0.538. The maximum absolute atomic E-state index is 13.4. The Bertz CT molecular complexity index is 906. The molecule has 6 heteroatoms. The van der Waals surface area contributed by atoms with E-state index in [-0.39, 0.29) is 30.4 Å². The summed E-state index contributed by atoms with van der Waals surface area (Å²) in [6.07, 6.45) is 2.08. The summed E-state index contributed by atoms with van der Waals surface area (Å²) in [7, 11) is 0. The Hall–Kier alpha value is -2.34. The van der Waals surface area contributed by atoms with E-state index in [2.05, 4.69) is 37.4 Å². The Morgan fingerprint density at radius 1 is 1.16 bits per heavy atom. The molecule has 2 amide bonds. The highest BCUT2D eigenvalue weighted by Crippen LogP contribution is 2.34. The first kappa shape index (κ1) is 24.3. The summed E-state index contributed by atoms with van der Waals surface area (Å²) in [5.41, 5.74) is 2.45. The summed E-state index contributed by atoms with van der Waals surface area (Å²) in [4.78, 5) is 30.9. The van der Waals surface area contributed by atoms with Crippen LogP contribution in [0.25, 0.3) is 0 Å². The van der Waals surface area contributed by atoms with Crippen molar-refractivity contribution >= 4 is 23.2 Å². The zero-order valence-corrected chi connectivity index (χ0v) is 20.8. The summed E-state index contributed by atoms with van der Waals surface area (Å²) in [5.74, 6) is 1.31. The summed E-state index contributed by atoms with van der Waals surface area (Å²) in [5, 5.41) is 2.09. The molecule has 174 valence electrons. The lowest BCUT2D eigenvalue weighted by molar-refractivity contribution is -0.144. The van der Waals surface area contributed by atoms with E-state index in [4.69, 9.17) is 4.74 Å². The molecule has 0 saturated heterocycles. The highest BCUT2D eigenvalue weighted by molar-refractivity contribution is 7.10. The van der Waals surface area contributed by atoms with E-state index >= 15 is 0 Å². The van der Waals surface area contributed by atoms with Gasteiger partial charge in [0.2, 0.25) is 11.8 Å².